The number of aromatic nitrogens is 1. The summed E-state index contributed by atoms with van der Waals surface area (Å²) in [6, 6.07) is 12.7. The first kappa shape index (κ1) is 13.2. The molecule has 1 amide bonds. The van der Waals surface area contributed by atoms with Crippen molar-refractivity contribution in [1.82, 2.24) is 4.98 Å². The van der Waals surface area contributed by atoms with Crippen molar-refractivity contribution in [2.45, 2.75) is 13.3 Å². The molecular weight excluding hydrogens is 266 g/mol. The molecule has 0 unspecified atom stereocenters. The van der Waals surface area contributed by atoms with E-state index in [-0.39, 0.29) is 12.3 Å². The molecule has 2 aromatic carbocycles. The summed E-state index contributed by atoms with van der Waals surface area (Å²) in [6.45, 7) is 1.79. The zero-order valence-corrected chi connectivity index (χ0v) is 11.6. The highest BCUT2D eigenvalue weighted by atomic mass is 16.3. The van der Waals surface area contributed by atoms with Crippen LogP contribution in [0.2, 0.25) is 0 Å². The highest BCUT2D eigenvalue weighted by molar-refractivity contribution is 5.94. The van der Waals surface area contributed by atoms with Crippen LogP contribution in [-0.2, 0) is 11.2 Å². The van der Waals surface area contributed by atoms with Gasteiger partial charge in [-0.15, -0.1) is 0 Å². The molecule has 0 bridgehead atoms. The van der Waals surface area contributed by atoms with Crippen molar-refractivity contribution >= 4 is 28.4 Å². The Morgan fingerprint density at radius 2 is 2.10 bits per heavy atom. The number of hydrogen-bond donors (Lipinski definition) is 2. The summed E-state index contributed by atoms with van der Waals surface area (Å²) in [4.78, 5) is 16.3. The molecule has 3 aromatic rings. The molecule has 5 nitrogen and oxygen atoms in total. The molecule has 21 heavy (non-hydrogen) atoms. The number of rotatable bonds is 3. The summed E-state index contributed by atoms with van der Waals surface area (Å²) in [5, 5.41) is 2.84. The largest absolute Gasteiger partial charge is 0.441 e. The van der Waals surface area contributed by atoms with Crippen molar-refractivity contribution in [1.29, 1.82) is 0 Å². The molecule has 0 fully saturated rings. The Bertz CT molecular complexity index is 808. The van der Waals surface area contributed by atoms with Crippen molar-refractivity contribution in [3.8, 4) is 0 Å². The Hall–Kier alpha value is -2.82. The standard InChI is InChI=1S/C16H15N3O2/c1-10-18-14-9-12(6-7-15(14)21-10)19-16(20)8-11-4-2-3-5-13(11)17/h2-7,9H,8,17H2,1H3,(H,19,20). The Morgan fingerprint density at radius 1 is 1.29 bits per heavy atom. The minimum Gasteiger partial charge on any atom is -0.441 e. The summed E-state index contributed by atoms with van der Waals surface area (Å²) in [7, 11) is 0. The van der Waals surface area contributed by atoms with Crippen LogP contribution in [0.15, 0.2) is 46.9 Å². The lowest BCUT2D eigenvalue weighted by molar-refractivity contribution is -0.115. The molecule has 3 rings (SSSR count). The van der Waals surface area contributed by atoms with Crippen molar-refractivity contribution in [2.24, 2.45) is 0 Å². The lowest BCUT2D eigenvalue weighted by Gasteiger charge is -2.07. The van der Waals surface area contributed by atoms with Crippen LogP contribution in [0.4, 0.5) is 11.4 Å². The van der Waals surface area contributed by atoms with E-state index in [9.17, 15) is 4.79 Å². The third kappa shape index (κ3) is 2.86. The number of carbonyl (C=O) groups excluding carboxylic acids is 1. The average molecular weight is 281 g/mol. The van der Waals surface area contributed by atoms with Gasteiger partial charge in [0.25, 0.3) is 0 Å². The van der Waals surface area contributed by atoms with Gasteiger partial charge in [-0.05, 0) is 29.8 Å². The molecule has 106 valence electrons. The first-order valence-electron chi connectivity index (χ1n) is 6.62. The van der Waals surface area contributed by atoms with Gasteiger partial charge in [-0.3, -0.25) is 4.79 Å². The maximum absolute atomic E-state index is 12.1. The Balaban J connectivity index is 1.75. The van der Waals surface area contributed by atoms with E-state index in [1.807, 2.05) is 18.2 Å². The number of benzene rings is 2. The minimum atomic E-state index is -0.118. The van der Waals surface area contributed by atoms with Gasteiger partial charge in [0.2, 0.25) is 5.91 Å². The Labute approximate surface area is 121 Å². The molecule has 0 spiro atoms. The van der Waals surface area contributed by atoms with E-state index >= 15 is 0 Å². The number of nitrogens with one attached hydrogen (secondary N) is 1. The predicted octanol–water partition coefficient (Wildman–Crippen LogP) is 2.90. The van der Waals surface area contributed by atoms with Gasteiger partial charge in [0, 0.05) is 18.3 Å². The number of nitrogens with zero attached hydrogens (tertiary/aromatic N) is 1. The third-order valence-electron chi connectivity index (χ3n) is 3.18. The van der Waals surface area contributed by atoms with Gasteiger partial charge in [0.1, 0.15) is 5.52 Å². The van der Waals surface area contributed by atoms with Crippen LogP contribution in [-0.4, -0.2) is 10.9 Å². The Morgan fingerprint density at radius 3 is 2.90 bits per heavy atom. The number of amides is 1. The molecule has 1 aromatic heterocycles. The molecule has 0 aliphatic carbocycles. The molecule has 0 saturated carbocycles. The normalized spacial score (nSPS) is 10.7. The van der Waals surface area contributed by atoms with Crippen molar-refractivity contribution in [2.75, 3.05) is 11.1 Å². The Kier molecular flexibility index (Phi) is 3.31. The van der Waals surface area contributed by atoms with Crippen molar-refractivity contribution < 1.29 is 9.21 Å². The third-order valence-corrected chi connectivity index (χ3v) is 3.18. The second-order valence-electron chi connectivity index (χ2n) is 4.84. The molecule has 0 saturated heterocycles. The van der Waals surface area contributed by atoms with E-state index in [1.165, 1.54) is 0 Å². The van der Waals surface area contributed by atoms with Gasteiger partial charge in [-0.2, -0.15) is 0 Å². The van der Waals surface area contributed by atoms with E-state index < -0.39 is 0 Å². The van der Waals surface area contributed by atoms with E-state index in [2.05, 4.69) is 10.3 Å². The molecular formula is C16H15N3O2. The van der Waals surface area contributed by atoms with E-state index in [0.717, 1.165) is 11.1 Å². The molecule has 0 radical (unpaired) electrons. The molecule has 3 N–H and O–H groups in total. The van der Waals surface area contributed by atoms with Crippen LogP contribution in [0.25, 0.3) is 11.1 Å². The monoisotopic (exact) mass is 281 g/mol. The fourth-order valence-corrected chi connectivity index (χ4v) is 2.19. The second-order valence-corrected chi connectivity index (χ2v) is 4.84. The van der Waals surface area contributed by atoms with E-state index in [0.29, 0.717) is 22.8 Å². The number of oxazole rings is 1. The number of fused-ring (bicyclic) bond motifs is 1. The van der Waals surface area contributed by atoms with Crippen molar-refractivity contribution in [3.05, 3.63) is 53.9 Å². The van der Waals surface area contributed by atoms with Crippen LogP contribution in [0.3, 0.4) is 0 Å². The number of para-hydroxylation sites is 1. The average Bonchev–Trinajstić information content (AvgIpc) is 2.80. The lowest BCUT2D eigenvalue weighted by atomic mass is 10.1. The van der Waals surface area contributed by atoms with Crippen LogP contribution < -0.4 is 11.1 Å². The van der Waals surface area contributed by atoms with Gasteiger partial charge < -0.3 is 15.5 Å². The zero-order chi connectivity index (χ0) is 14.8. The second kappa shape index (κ2) is 5.28. The summed E-state index contributed by atoms with van der Waals surface area (Å²) >= 11 is 0. The van der Waals surface area contributed by atoms with Crippen LogP contribution in [0.5, 0.6) is 0 Å². The highest BCUT2D eigenvalue weighted by Crippen LogP contribution is 2.20. The maximum atomic E-state index is 12.1. The predicted molar refractivity (Wildman–Crippen MR) is 81.9 cm³/mol. The van der Waals surface area contributed by atoms with E-state index in [1.54, 1.807) is 31.2 Å². The van der Waals surface area contributed by atoms with Crippen LogP contribution >= 0.6 is 0 Å². The van der Waals surface area contributed by atoms with E-state index in [4.69, 9.17) is 10.2 Å². The topological polar surface area (TPSA) is 81.2 Å². The summed E-state index contributed by atoms with van der Waals surface area (Å²) < 4.78 is 5.40. The number of anilines is 2. The summed E-state index contributed by atoms with van der Waals surface area (Å²) in [6.07, 6.45) is 0.239. The summed E-state index contributed by atoms with van der Waals surface area (Å²) in [5.41, 5.74) is 9.39. The number of nitrogens with two attached hydrogens (primary N) is 1. The number of aryl methyl sites for hydroxylation is 1. The van der Waals surface area contributed by atoms with Gasteiger partial charge >= 0.3 is 0 Å². The van der Waals surface area contributed by atoms with Crippen LogP contribution in [0.1, 0.15) is 11.5 Å². The zero-order valence-electron chi connectivity index (χ0n) is 11.6. The van der Waals surface area contributed by atoms with Gasteiger partial charge in [0.05, 0.1) is 6.42 Å². The number of hydrogen-bond acceptors (Lipinski definition) is 4. The highest BCUT2D eigenvalue weighted by Gasteiger charge is 2.08. The van der Waals surface area contributed by atoms with Crippen LogP contribution in [0, 0.1) is 6.92 Å². The molecule has 1 heterocycles. The number of nitrogen functional groups attached to an aromatic ring is 1. The minimum absolute atomic E-state index is 0.118. The SMILES string of the molecule is Cc1nc2cc(NC(=O)Cc3ccccc3N)ccc2o1. The quantitative estimate of drug-likeness (QED) is 0.723. The van der Waals surface area contributed by atoms with Gasteiger partial charge in [-0.1, -0.05) is 18.2 Å². The number of carbonyl (C=O) groups is 1. The molecule has 0 aliphatic rings. The fraction of sp³-hybridized carbons (Fsp3) is 0.125. The smallest absolute Gasteiger partial charge is 0.228 e. The summed E-state index contributed by atoms with van der Waals surface area (Å²) in [5.74, 6) is 0.484. The molecule has 0 aliphatic heterocycles. The first-order valence-corrected chi connectivity index (χ1v) is 6.62. The molecule has 5 heteroatoms. The maximum Gasteiger partial charge on any atom is 0.228 e. The van der Waals surface area contributed by atoms with Gasteiger partial charge in [0.15, 0.2) is 11.5 Å². The molecule has 0 atom stereocenters. The lowest BCUT2D eigenvalue weighted by Crippen LogP contribution is -2.15. The fourth-order valence-electron chi connectivity index (χ4n) is 2.19. The van der Waals surface area contributed by atoms with Crippen molar-refractivity contribution in [3.63, 3.8) is 0 Å². The van der Waals surface area contributed by atoms with Gasteiger partial charge in [-0.25, -0.2) is 4.98 Å². The first-order chi connectivity index (χ1) is 10.1.